The van der Waals surface area contributed by atoms with E-state index in [4.69, 9.17) is 0 Å². The average molecular weight is 278 g/mol. The lowest BCUT2D eigenvalue weighted by Gasteiger charge is -2.06. The molecule has 2 aromatic carbocycles. The summed E-state index contributed by atoms with van der Waals surface area (Å²) in [5.74, 6) is 1.22. The van der Waals surface area contributed by atoms with Crippen molar-refractivity contribution in [3.63, 3.8) is 0 Å². The van der Waals surface area contributed by atoms with Crippen LogP contribution in [0.1, 0.15) is 17.8 Å². The molecular weight excluding hydrogens is 260 g/mol. The normalized spacial score (nSPS) is 10.9. The molecule has 0 radical (unpaired) electrons. The zero-order valence-corrected chi connectivity index (χ0v) is 12.1. The Labute approximate surface area is 124 Å². The van der Waals surface area contributed by atoms with E-state index in [0.29, 0.717) is 19.3 Å². The number of carbonyl (C=O) groups excluding carboxylic acids is 1. The van der Waals surface area contributed by atoms with Gasteiger partial charge in [-0.2, -0.15) is 0 Å². The van der Waals surface area contributed by atoms with Crippen LogP contribution in [0.3, 0.4) is 0 Å². The minimum atomic E-state index is 0.259. The second-order valence-corrected chi connectivity index (χ2v) is 5.31. The summed E-state index contributed by atoms with van der Waals surface area (Å²) in [6.45, 7) is 0. The van der Waals surface area contributed by atoms with E-state index in [2.05, 4.69) is 23.2 Å². The number of imidazole rings is 1. The van der Waals surface area contributed by atoms with Gasteiger partial charge in [-0.25, -0.2) is 4.98 Å². The number of Topliss-reactive ketones (excluding diaryl/α,β-unsaturated/α-hetero) is 1. The van der Waals surface area contributed by atoms with Crippen LogP contribution >= 0.6 is 0 Å². The van der Waals surface area contributed by atoms with Crippen molar-refractivity contribution in [2.45, 2.75) is 19.3 Å². The lowest BCUT2D eigenvalue weighted by Crippen LogP contribution is -2.07. The first-order valence-electron chi connectivity index (χ1n) is 7.18. The van der Waals surface area contributed by atoms with Crippen molar-refractivity contribution in [3.8, 4) is 0 Å². The fourth-order valence-corrected chi connectivity index (χ4v) is 2.64. The number of nitrogens with zero attached hydrogens (tertiary/aromatic N) is 2. The predicted molar refractivity (Wildman–Crippen MR) is 84.2 cm³/mol. The Kier molecular flexibility index (Phi) is 3.82. The molecule has 21 heavy (non-hydrogen) atoms. The molecule has 1 aromatic heterocycles. The summed E-state index contributed by atoms with van der Waals surface area (Å²) in [4.78, 5) is 16.5. The van der Waals surface area contributed by atoms with E-state index in [1.807, 2.05) is 42.1 Å². The molecule has 106 valence electrons. The zero-order valence-electron chi connectivity index (χ0n) is 12.1. The Morgan fingerprint density at radius 2 is 1.95 bits per heavy atom. The van der Waals surface area contributed by atoms with Crippen LogP contribution in [0.5, 0.6) is 0 Å². The molecule has 0 unspecified atom stereocenters. The third-order valence-electron chi connectivity index (χ3n) is 3.82. The summed E-state index contributed by atoms with van der Waals surface area (Å²) in [6, 6.07) is 14.3. The van der Waals surface area contributed by atoms with Crippen LogP contribution < -0.4 is 0 Å². The number of hydrogen-bond acceptors (Lipinski definition) is 2. The van der Waals surface area contributed by atoms with Crippen molar-refractivity contribution < 1.29 is 4.79 Å². The van der Waals surface area contributed by atoms with Gasteiger partial charge in [0, 0.05) is 38.7 Å². The van der Waals surface area contributed by atoms with Crippen LogP contribution in [0.4, 0.5) is 0 Å². The van der Waals surface area contributed by atoms with Gasteiger partial charge in [0.25, 0.3) is 0 Å². The highest BCUT2D eigenvalue weighted by atomic mass is 16.1. The molecule has 0 aliphatic rings. The largest absolute Gasteiger partial charge is 0.338 e. The number of fused-ring (bicyclic) bond motifs is 1. The topological polar surface area (TPSA) is 34.9 Å². The number of carbonyl (C=O) groups is 1. The first kappa shape index (κ1) is 13.6. The van der Waals surface area contributed by atoms with E-state index in [-0.39, 0.29) is 5.78 Å². The molecular formula is C18H18N2O. The Hall–Kier alpha value is -2.42. The maximum Gasteiger partial charge on any atom is 0.137 e. The van der Waals surface area contributed by atoms with Crippen LogP contribution in [0.15, 0.2) is 54.9 Å². The number of hydrogen-bond donors (Lipinski definition) is 0. The molecule has 0 saturated carbocycles. The summed E-state index contributed by atoms with van der Waals surface area (Å²) >= 11 is 0. The van der Waals surface area contributed by atoms with Gasteiger partial charge >= 0.3 is 0 Å². The lowest BCUT2D eigenvalue weighted by atomic mass is 9.99. The average Bonchev–Trinajstić information content (AvgIpc) is 2.91. The molecule has 0 N–H and O–H groups in total. The highest BCUT2D eigenvalue weighted by molar-refractivity contribution is 5.90. The van der Waals surface area contributed by atoms with Gasteiger partial charge in [0.2, 0.25) is 0 Å². The fourth-order valence-electron chi connectivity index (χ4n) is 2.64. The van der Waals surface area contributed by atoms with Gasteiger partial charge in [-0.05, 0) is 16.3 Å². The molecule has 3 nitrogen and oxygen atoms in total. The number of aryl methyl sites for hydroxylation is 2. The van der Waals surface area contributed by atoms with Crippen molar-refractivity contribution in [2.75, 3.05) is 0 Å². The molecule has 3 aromatic rings. The number of ketones is 1. The monoisotopic (exact) mass is 278 g/mol. The van der Waals surface area contributed by atoms with E-state index in [9.17, 15) is 4.79 Å². The van der Waals surface area contributed by atoms with Crippen LogP contribution in [-0.4, -0.2) is 15.3 Å². The van der Waals surface area contributed by atoms with Gasteiger partial charge in [-0.15, -0.1) is 0 Å². The first-order chi connectivity index (χ1) is 10.2. The van der Waals surface area contributed by atoms with E-state index in [1.165, 1.54) is 10.8 Å². The fraction of sp³-hybridized carbons (Fsp3) is 0.222. The smallest absolute Gasteiger partial charge is 0.137 e. The zero-order chi connectivity index (χ0) is 14.7. The van der Waals surface area contributed by atoms with Crippen molar-refractivity contribution in [3.05, 3.63) is 66.2 Å². The third kappa shape index (κ3) is 3.02. The van der Waals surface area contributed by atoms with Gasteiger partial charge in [-0.1, -0.05) is 42.5 Å². The molecule has 0 bridgehead atoms. The summed E-state index contributed by atoms with van der Waals surface area (Å²) in [5.41, 5.74) is 1.11. The minimum absolute atomic E-state index is 0.259. The summed E-state index contributed by atoms with van der Waals surface area (Å²) < 4.78 is 1.96. The second kappa shape index (κ2) is 5.92. The number of aromatic nitrogens is 2. The van der Waals surface area contributed by atoms with Crippen LogP contribution in [0.25, 0.3) is 10.8 Å². The van der Waals surface area contributed by atoms with Crippen molar-refractivity contribution in [2.24, 2.45) is 7.05 Å². The third-order valence-corrected chi connectivity index (χ3v) is 3.82. The lowest BCUT2D eigenvalue weighted by molar-refractivity contribution is -0.118. The number of benzene rings is 2. The molecule has 0 saturated heterocycles. The molecule has 0 aliphatic heterocycles. The van der Waals surface area contributed by atoms with E-state index in [1.54, 1.807) is 6.20 Å². The second-order valence-electron chi connectivity index (χ2n) is 5.31. The van der Waals surface area contributed by atoms with Gasteiger partial charge in [0.05, 0.1) is 0 Å². The molecule has 0 aliphatic carbocycles. The van der Waals surface area contributed by atoms with Crippen molar-refractivity contribution in [1.82, 2.24) is 9.55 Å². The molecule has 0 amide bonds. The molecule has 0 spiro atoms. The van der Waals surface area contributed by atoms with Crippen LogP contribution in [-0.2, 0) is 24.7 Å². The molecule has 3 rings (SSSR count). The first-order valence-corrected chi connectivity index (χ1v) is 7.18. The number of rotatable bonds is 5. The Morgan fingerprint density at radius 1 is 1.14 bits per heavy atom. The van der Waals surface area contributed by atoms with Crippen molar-refractivity contribution >= 4 is 16.6 Å². The minimum Gasteiger partial charge on any atom is -0.338 e. The van der Waals surface area contributed by atoms with Crippen LogP contribution in [0, 0.1) is 0 Å². The van der Waals surface area contributed by atoms with Gasteiger partial charge in [0.1, 0.15) is 11.6 Å². The highest BCUT2D eigenvalue weighted by Crippen LogP contribution is 2.19. The van der Waals surface area contributed by atoms with Crippen molar-refractivity contribution in [1.29, 1.82) is 0 Å². The van der Waals surface area contributed by atoms with Crippen LogP contribution in [0.2, 0.25) is 0 Å². The molecule has 0 fully saturated rings. The molecule has 0 atom stereocenters. The summed E-state index contributed by atoms with van der Waals surface area (Å²) in [7, 11) is 1.96. The standard InChI is InChI=1S/C18H18N2O/c1-20-12-11-19-18(20)10-9-16(21)13-15-7-4-6-14-5-2-3-8-17(14)15/h2-8,11-12H,9-10,13H2,1H3. The highest BCUT2D eigenvalue weighted by Gasteiger charge is 2.09. The quantitative estimate of drug-likeness (QED) is 0.717. The SMILES string of the molecule is Cn1ccnc1CCC(=O)Cc1cccc2ccccc12. The Balaban J connectivity index is 1.70. The molecule has 1 heterocycles. The summed E-state index contributed by atoms with van der Waals surface area (Å²) in [6.07, 6.45) is 5.40. The van der Waals surface area contributed by atoms with Gasteiger partial charge in [-0.3, -0.25) is 4.79 Å². The predicted octanol–water partition coefficient (Wildman–Crippen LogP) is 3.32. The van der Waals surface area contributed by atoms with E-state index >= 15 is 0 Å². The maximum atomic E-state index is 12.2. The van der Waals surface area contributed by atoms with E-state index in [0.717, 1.165) is 11.4 Å². The summed E-state index contributed by atoms with van der Waals surface area (Å²) in [5, 5.41) is 2.36. The van der Waals surface area contributed by atoms with E-state index < -0.39 is 0 Å². The van der Waals surface area contributed by atoms with Gasteiger partial charge in [0.15, 0.2) is 0 Å². The molecule has 3 heteroatoms. The Morgan fingerprint density at radius 3 is 2.76 bits per heavy atom. The van der Waals surface area contributed by atoms with Gasteiger partial charge < -0.3 is 4.57 Å². The Bertz CT molecular complexity index is 768. The maximum absolute atomic E-state index is 12.2.